The van der Waals surface area contributed by atoms with Crippen LogP contribution in [0.2, 0.25) is 5.02 Å². The number of ether oxygens (including phenoxy) is 1. The van der Waals surface area contributed by atoms with Gasteiger partial charge in [-0.2, -0.15) is 0 Å². The maximum atomic E-state index is 11.9. The van der Waals surface area contributed by atoms with Crippen molar-refractivity contribution in [3.8, 4) is 5.75 Å². The Morgan fingerprint density at radius 3 is 2.90 bits per heavy atom. The number of carbonyl (C=O) groups is 1. The molecule has 0 bridgehead atoms. The van der Waals surface area contributed by atoms with E-state index in [1.807, 2.05) is 25.1 Å². The maximum absolute atomic E-state index is 11.9. The van der Waals surface area contributed by atoms with Gasteiger partial charge in [-0.1, -0.05) is 24.6 Å². The van der Waals surface area contributed by atoms with Crippen molar-refractivity contribution in [2.24, 2.45) is 5.73 Å². The Morgan fingerprint density at radius 1 is 1.55 bits per heavy atom. The number of likely N-dealkylation sites (N-methyl/N-ethyl adjacent to an activating group) is 1. The van der Waals surface area contributed by atoms with Crippen LogP contribution in [0.4, 0.5) is 0 Å². The maximum Gasteiger partial charge on any atom is 0.263 e. The fourth-order valence-electron chi connectivity index (χ4n) is 2.31. The number of halogens is 1. The van der Waals surface area contributed by atoms with Gasteiger partial charge in [0.1, 0.15) is 5.75 Å². The summed E-state index contributed by atoms with van der Waals surface area (Å²) in [6, 6.07) is 5.56. The highest BCUT2D eigenvalue weighted by molar-refractivity contribution is 6.31. The zero-order valence-corrected chi connectivity index (χ0v) is 12.7. The topological polar surface area (TPSA) is 55.6 Å². The largest absolute Gasteiger partial charge is 0.480 e. The predicted molar refractivity (Wildman–Crippen MR) is 80.1 cm³/mol. The molecule has 0 saturated carbocycles. The van der Waals surface area contributed by atoms with Crippen molar-refractivity contribution >= 4 is 17.5 Å². The molecule has 1 aliphatic rings. The van der Waals surface area contributed by atoms with Gasteiger partial charge in [-0.3, -0.25) is 4.79 Å². The molecular weight excluding hydrogens is 276 g/mol. The molecule has 1 aliphatic heterocycles. The van der Waals surface area contributed by atoms with Gasteiger partial charge in [0.15, 0.2) is 6.10 Å². The number of amides is 1. The molecule has 0 radical (unpaired) electrons. The SMILES string of the molecule is CCC(N)Cc1c(Cl)cccc1OC1CCN(C)C1=O. The Bertz CT molecular complexity index is 493. The van der Waals surface area contributed by atoms with Crippen LogP contribution in [0, 0.1) is 0 Å². The van der Waals surface area contributed by atoms with E-state index >= 15 is 0 Å². The minimum absolute atomic E-state index is 0.0238. The first kappa shape index (κ1) is 15.1. The van der Waals surface area contributed by atoms with Crippen LogP contribution in [0.5, 0.6) is 5.75 Å². The highest BCUT2D eigenvalue weighted by Gasteiger charge is 2.31. The second-order valence-electron chi connectivity index (χ2n) is 5.24. The van der Waals surface area contributed by atoms with Crippen molar-refractivity contribution in [3.05, 3.63) is 28.8 Å². The molecule has 0 spiro atoms. The van der Waals surface area contributed by atoms with Crippen LogP contribution >= 0.6 is 11.6 Å². The summed E-state index contributed by atoms with van der Waals surface area (Å²) >= 11 is 6.25. The summed E-state index contributed by atoms with van der Waals surface area (Å²) in [5.74, 6) is 0.700. The number of rotatable bonds is 5. The Hall–Kier alpha value is -1.26. The van der Waals surface area contributed by atoms with Gasteiger partial charge in [0.05, 0.1) is 0 Å². The molecule has 2 rings (SSSR count). The molecule has 4 nitrogen and oxygen atoms in total. The third-order valence-electron chi connectivity index (χ3n) is 3.71. The standard InChI is InChI=1S/C15H21ClN2O2/c1-3-10(17)9-11-12(16)5-4-6-13(11)20-14-7-8-18(2)15(14)19/h4-6,10,14H,3,7-9,17H2,1-2H3. The highest BCUT2D eigenvalue weighted by Crippen LogP contribution is 2.30. The zero-order valence-electron chi connectivity index (χ0n) is 11.9. The fourth-order valence-corrected chi connectivity index (χ4v) is 2.55. The average Bonchev–Trinajstić information content (AvgIpc) is 2.74. The van der Waals surface area contributed by atoms with E-state index in [1.165, 1.54) is 0 Å². The average molecular weight is 297 g/mol. The normalized spacial score (nSPS) is 20.3. The van der Waals surface area contributed by atoms with E-state index in [0.29, 0.717) is 23.6 Å². The van der Waals surface area contributed by atoms with E-state index in [9.17, 15) is 4.79 Å². The second kappa shape index (κ2) is 6.46. The van der Waals surface area contributed by atoms with Crippen molar-refractivity contribution in [1.82, 2.24) is 4.90 Å². The van der Waals surface area contributed by atoms with Crippen LogP contribution in [0.1, 0.15) is 25.3 Å². The number of nitrogens with two attached hydrogens (primary N) is 1. The summed E-state index contributed by atoms with van der Waals surface area (Å²) in [6.45, 7) is 2.77. The number of hydrogen-bond donors (Lipinski definition) is 1. The molecule has 5 heteroatoms. The Kier molecular flexibility index (Phi) is 4.89. The number of hydrogen-bond acceptors (Lipinski definition) is 3. The molecule has 2 unspecified atom stereocenters. The highest BCUT2D eigenvalue weighted by atomic mass is 35.5. The number of carbonyl (C=O) groups excluding carboxylic acids is 1. The Morgan fingerprint density at radius 2 is 2.30 bits per heavy atom. The predicted octanol–water partition coefficient (Wildman–Crippen LogP) is 2.23. The molecule has 0 aliphatic carbocycles. The molecule has 1 amide bonds. The zero-order chi connectivity index (χ0) is 14.7. The van der Waals surface area contributed by atoms with Crippen molar-refractivity contribution in [1.29, 1.82) is 0 Å². The van der Waals surface area contributed by atoms with Crippen molar-refractivity contribution < 1.29 is 9.53 Å². The Balaban J connectivity index is 2.19. The van der Waals surface area contributed by atoms with E-state index in [4.69, 9.17) is 22.1 Å². The lowest BCUT2D eigenvalue weighted by Crippen LogP contribution is -2.30. The van der Waals surface area contributed by atoms with Crippen molar-refractivity contribution in [3.63, 3.8) is 0 Å². The van der Waals surface area contributed by atoms with Gasteiger partial charge in [0.2, 0.25) is 0 Å². The lowest BCUT2D eigenvalue weighted by Gasteiger charge is -2.18. The molecule has 1 fully saturated rings. The number of nitrogens with zero attached hydrogens (tertiary/aromatic N) is 1. The summed E-state index contributed by atoms with van der Waals surface area (Å²) in [7, 11) is 1.79. The van der Waals surface area contributed by atoms with Gasteiger partial charge < -0.3 is 15.4 Å². The first-order valence-electron chi connectivity index (χ1n) is 6.97. The number of likely N-dealkylation sites (tertiary alicyclic amines) is 1. The lowest BCUT2D eigenvalue weighted by atomic mass is 10.0. The van der Waals surface area contributed by atoms with Gasteiger partial charge in [-0.15, -0.1) is 0 Å². The summed E-state index contributed by atoms with van der Waals surface area (Å²) in [5, 5.41) is 0.644. The summed E-state index contributed by atoms with van der Waals surface area (Å²) < 4.78 is 5.88. The number of benzene rings is 1. The van der Waals surface area contributed by atoms with Crippen LogP contribution in [0.15, 0.2) is 18.2 Å². The molecule has 0 aromatic heterocycles. The summed E-state index contributed by atoms with van der Waals surface area (Å²) in [6.07, 6.45) is 1.83. The molecule has 1 aromatic carbocycles. The molecule has 1 heterocycles. The van der Waals surface area contributed by atoms with E-state index in [-0.39, 0.29) is 11.9 Å². The van der Waals surface area contributed by atoms with Crippen molar-refractivity contribution in [2.75, 3.05) is 13.6 Å². The van der Waals surface area contributed by atoms with Gasteiger partial charge in [-0.05, 0) is 25.0 Å². The van der Waals surface area contributed by atoms with E-state index in [1.54, 1.807) is 11.9 Å². The van der Waals surface area contributed by atoms with Crippen LogP contribution in [-0.4, -0.2) is 36.5 Å². The first-order chi connectivity index (χ1) is 9.52. The minimum atomic E-state index is -0.407. The van der Waals surface area contributed by atoms with Crippen molar-refractivity contribution in [2.45, 2.75) is 38.3 Å². The molecule has 1 saturated heterocycles. The van der Waals surface area contributed by atoms with Gasteiger partial charge in [-0.25, -0.2) is 0 Å². The first-order valence-corrected chi connectivity index (χ1v) is 7.35. The Labute approximate surface area is 124 Å². The van der Waals surface area contributed by atoms with Crippen LogP contribution in [0.25, 0.3) is 0 Å². The van der Waals surface area contributed by atoms with Gasteiger partial charge in [0, 0.05) is 36.6 Å². The smallest absolute Gasteiger partial charge is 0.263 e. The van der Waals surface area contributed by atoms with E-state index in [0.717, 1.165) is 18.5 Å². The third-order valence-corrected chi connectivity index (χ3v) is 4.07. The van der Waals surface area contributed by atoms with Crippen LogP contribution in [-0.2, 0) is 11.2 Å². The van der Waals surface area contributed by atoms with E-state index in [2.05, 4.69) is 0 Å². The third kappa shape index (κ3) is 3.25. The van der Waals surface area contributed by atoms with Gasteiger partial charge >= 0.3 is 0 Å². The molecule has 20 heavy (non-hydrogen) atoms. The molecule has 1 aromatic rings. The molecular formula is C15H21ClN2O2. The van der Waals surface area contributed by atoms with Crippen LogP contribution < -0.4 is 10.5 Å². The molecule has 2 atom stereocenters. The minimum Gasteiger partial charge on any atom is -0.480 e. The lowest BCUT2D eigenvalue weighted by molar-refractivity contribution is -0.132. The second-order valence-corrected chi connectivity index (χ2v) is 5.65. The molecule has 2 N–H and O–H groups in total. The summed E-state index contributed by atoms with van der Waals surface area (Å²) in [5.41, 5.74) is 6.91. The van der Waals surface area contributed by atoms with Crippen LogP contribution in [0.3, 0.4) is 0 Å². The van der Waals surface area contributed by atoms with E-state index < -0.39 is 6.10 Å². The fraction of sp³-hybridized carbons (Fsp3) is 0.533. The monoisotopic (exact) mass is 296 g/mol. The van der Waals surface area contributed by atoms with Gasteiger partial charge in [0.25, 0.3) is 5.91 Å². The molecule has 110 valence electrons. The summed E-state index contributed by atoms with van der Waals surface area (Å²) in [4.78, 5) is 13.6. The quantitative estimate of drug-likeness (QED) is 0.906.